The number of aliphatic hydroxyl groups excluding tert-OH is 1. The molecule has 0 aromatic carbocycles. The molecule has 1 saturated carbocycles. The summed E-state index contributed by atoms with van der Waals surface area (Å²) >= 11 is 0. The maximum Gasteiger partial charge on any atom is 0.0499 e. The second-order valence-electron chi connectivity index (χ2n) is 6.23. The van der Waals surface area contributed by atoms with Crippen LogP contribution in [-0.2, 0) is 0 Å². The van der Waals surface area contributed by atoms with Crippen LogP contribution >= 0.6 is 0 Å². The molecule has 0 aliphatic heterocycles. The van der Waals surface area contributed by atoms with Gasteiger partial charge in [-0.05, 0) is 38.6 Å². The number of hydrogen-bond donors (Lipinski definition) is 1. The molecule has 0 amide bonds. The van der Waals surface area contributed by atoms with E-state index >= 15 is 0 Å². The average molecular weight is 241 g/mol. The predicted molar refractivity (Wildman–Crippen MR) is 74.2 cm³/mol. The molecule has 1 aliphatic carbocycles. The predicted octanol–water partition coefficient (Wildman–Crippen LogP) is 3.30. The number of aliphatic hydroxyl groups is 1. The Morgan fingerprint density at radius 3 is 2.18 bits per heavy atom. The Morgan fingerprint density at radius 2 is 1.76 bits per heavy atom. The first-order chi connectivity index (χ1) is 8.06. The van der Waals surface area contributed by atoms with Gasteiger partial charge in [-0.1, -0.05) is 33.6 Å². The van der Waals surface area contributed by atoms with Gasteiger partial charge in [-0.15, -0.1) is 0 Å². The van der Waals surface area contributed by atoms with E-state index in [9.17, 15) is 5.11 Å². The third kappa shape index (κ3) is 3.96. The Labute approximate surface area is 107 Å². The van der Waals surface area contributed by atoms with Gasteiger partial charge in [-0.2, -0.15) is 0 Å². The zero-order chi connectivity index (χ0) is 12.9. The van der Waals surface area contributed by atoms with Crippen LogP contribution < -0.4 is 0 Å². The van der Waals surface area contributed by atoms with Gasteiger partial charge in [0.1, 0.15) is 0 Å². The first-order valence-electron chi connectivity index (χ1n) is 7.38. The van der Waals surface area contributed by atoms with Gasteiger partial charge in [-0.3, -0.25) is 0 Å². The van der Waals surface area contributed by atoms with Crippen LogP contribution in [0.4, 0.5) is 0 Å². The van der Waals surface area contributed by atoms with E-state index in [1.807, 2.05) is 0 Å². The smallest absolute Gasteiger partial charge is 0.0499 e. The molecule has 0 radical (unpaired) electrons. The number of nitrogens with zero attached hydrogens (tertiary/aromatic N) is 1. The SMILES string of the molecule is CCC(CC)N(C)CC1(CO)CCC(C)CC1. The highest BCUT2D eigenvalue weighted by atomic mass is 16.3. The van der Waals surface area contributed by atoms with E-state index in [-0.39, 0.29) is 5.41 Å². The molecule has 1 rings (SSSR count). The van der Waals surface area contributed by atoms with Gasteiger partial charge in [-0.25, -0.2) is 0 Å². The normalized spacial score (nSPS) is 30.2. The van der Waals surface area contributed by atoms with Crippen molar-refractivity contribution in [1.29, 1.82) is 0 Å². The summed E-state index contributed by atoms with van der Waals surface area (Å²) < 4.78 is 0. The van der Waals surface area contributed by atoms with Gasteiger partial charge < -0.3 is 10.0 Å². The lowest BCUT2D eigenvalue weighted by Gasteiger charge is -2.42. The molecule has 0 bridgehead atoms. The molecule has 0 atom stereocenters. The van der Waals surface area contributed by atoms with E-state index in [1.54, 1.807) is 0 Å². The Morgan fingerprint density at radius 1 is 1.24 bits per heavy atom. The van der Waals surface area contributed by atoms with Crippen molar-refractivity contribution in [3.63, 3.8) is 0 Å². The van der Waals surface area contributed by atoms with Gasteiger partial charge in [0.25, 0.3) is 0 Å². The quantitative estimate of drug-likeness (QED) is 0.771. The van der Waals surface area contributed by atoms with E-state index in [4.69, 9.17) is 0 Å². The van der Waals surface area contributed by atoms with Crippen molar-refractivity contribution in [2.75, 3.05) is 20.2 Å². The third-order valence-electron chi connectivity index (χ3n) is 4.82. The minimum atomic E-state index is 0.184. The summed E-state index contributed by atoms with van der Waals surface area (Å²) in [5.41, 5.74) is 0.184. The van der Waals surface area contributed by atoms with Crippen LogP contribution in [0.2, 0.25) is 0 Å². The molecule has 1 fully saturated rings. The Bertz CT molecular complexity index is 205. The summed E-state index contributed by atoms with van der Waals surface area (Å²) in [5, 5.41) is 9.78. The van der Waals surface area contributed by atoms with Crippen molar-refractivity contribution in [2.24, 2.45) is 11.3 Å². The monoisotopic (exact) mass is 241 g/mol. The molecule has 1 aliphatic rings. The largest absolute Gasteiger partial charge is 0.396 e. The molecule has 1 N–H and O–H groups in total. The van der Waals surface area contributed by atoms with Crippen LogP contribution in [0.1, 0.15) is 59.3 Å². The molecule has 102 valence electrons. The fourth-order valence-electron chi connectivity index (χ4n) is 3.31. The minimum Gasteiger partial charge on any atom is -0.396 e. The fraction of sp³-hybridized carbons (Fsp3) is 1.00. The maximum atomic E-state index is 9.78. The summed E-state index contributed by atoms with van der Waals surface area (Å²) in [4.78, 5) is 2.48. The highest BCUT2D eigenvalue weighted by Gasteiger charge is 2.35. The summed E-state index contributed by atoms with van der Waals surface area (Å²) in [6, 6.07) is 0.678. The van der Waals surface area contributed by atoms with E-state index < -0.39 is 0 Å². The van der Waals surface area contributed by atoms with Crippen LogP contribution in [0.5, 0.6) is 0 Å². The fourth-order valence-corrected chi connectivity index (χ4v) is 3.31. The molecule has 2 heteroatoms. The molecule has 0 unspecified atom stereocenters. The van der Waals surface area contributed by atoms with Crippen molar-refractivity contribution in [2.45, 2.75) is 65.3 Å². The van der Waals surface area contributed by atoms with Crippen LogP contribution in [0.3, 0.4) is 0 Å². The zero-order valence-corrected chi connectivity index (χ0v) is 12.2. The topological polar surface area (TPSA) is 23.5 Å². The summed E-state index contributed by atoms with van der Waals surface area (Å²) in [7, 11) is 2.23. The van der Waals surface area contributed by atoms with Crippen molar-refractivity contribution >= 4 is 0 Å². The number of hydrogen-bond acceptors (Lipinski definition) is 2. The maximum absolute atomic E-state index is 9.78. The lowest BCUT2D eigenvalue weighted by molar-refractivity contribution is 0.0238. The van der Waals surface area contributed by atoms with Gasteiger partial charge in [0.2, 0.25) is 0 Å². The summed E-state index contributed by atoms with van der Waals surface area (Å²) in [6.45, 7) is 8.30. The first-order valence-corrected chi connectivity index (χ1v) is 7.38. The van der Waals surface area contributed by atoms with Crippen molar-refractivity contribution in [3.05, 3.63) is 0 Å². The molecule has 0 saturated heterocycles. The molecule has 0 aromatic heterocycles. The molecular weight excluding hydrogens is 210 g/mol. The summed E-state index contributed by atoms with van der Waals surface area (Å²) in [6.07, 6.45) is 7.41. The van der Waals surface area contributed by atoms with Crippen molar-refractivity contribution in [3.8, 4) is 0 Å². The lowest BCUT2D eigenvalue weighted by atomic mass is 9.71. The Balaban J connectivity index is 2.56. The second kappa shape index (κ2) is 6.75. The van der Waals surface area contributed by atoms with Crippen LogP contribution in [-0.4, -0.2) is 36.2 Å². The Kier molecular flexibility index (Phi) is 5.94. The van der Waals surface area contributed by atoms with E-state index in [1.165, 1.54) is 38.5 Å². The van der Waals surface area contributed by atoms with E-state index in [2.05, 4.69) is 32.7 Å². The average Bonchev–Trinajstić information content (AvgIpc) is 2.34. The van der Waals surface area contributed by atoms with Crippen molar-refractivity contribution < 1.29 is 5.11 Å². The first kappa shape index (κ1) is 15.0. The van der Waals surface area contributed by atoms with Gasteiger partial charge in [0.05, 0.1) is 0 Å². The van der Waals surface area contributed by atoms with Crippen molar-refractivity contribution in [1.82, 2.24) is 4.90 Å². The third-order valence-corrected chi connectivity index (χ3v) is 4.82. The van der Waals surface area contributed by atoms with Gasteiger partial charge >= 0.3 is 0 Å². The minimum absolute atomic E-state index is 0.184. The number of rotatable bonds is 6. The van der Waals surface area contributed by atoms with Crippen LogP contribution in [0.15, 0.2) is 0 Å². The molecule has 0 aromatic rings. The highest BCUT2D eigenvalue weighted by molar-refractivity contribution is 4.87. The molecule has 2 nitrogen and oxygen atoms in total. The standard InChI is InChI=1S/C15H31NO/c1-5-14(6-2)16(4)11-15(12-17)9-7-13(3)8-10-15/h13-14,17H,5-12H2,1-4H3. The van der Waals surface area contributed by atoms with Gasteiger partial charge in [0, 0.05) is 24.6 Å². The van der Waals surface area contributed by atoms with Crippen LogP contribution in [0, 0.1) is 11.3 Å². The zero-order valence-electron chi connectivity index (χ0n) is 12.2. The second-order valence-corrected chi connectivity index (χ2v) is 6.23. The Hall–Kier alpha value is -0.0800. The molecular formula is C15H31NO. The summed E-state index contributed by atoms with van der Waals surface area (Å²) in [5.74, 6) is 0.855. The highest BCUT2D eigenvalue weighted by Crippen LogP contribution is 2.39. The molecule has 0 heterocycles. The molecule has 17 heavy (non-hydrogen) atoms. The van der Waals surface area contributed by atoms with Crippen LogP contribution in [0.25, 0.3) is 0 Å². The lowest BCUT2D eigenvalue weighted by Crippen LogP contribution is -2.44. The van der Waals surface area contributed by atoms with E-state index in [0.717, 1.165) is 12.5 Å². The van der Waals surface area contributed by atoms with E-state index in [0.29, 0.717) is 12.6 Å². The van der Waals surface area contributed by atoms with Gasteiger partial charge in [0.15, 0.2) is 0 Å². The molecule has 0 spiro atoms.